The summed E-state index contributed by atoms with van der Waals surface area (Å²) in [5, 5.41) is 8.40. The highest BCUT2D eigenvalue weighted by atomic mass is 32.1. The second-order valence-electron chi connectivity index (χ2n) is 13.8. The Kier molecular flexibility index (Phi) is 7.32. The lowest BCUT2D eigenvalue weighted by molar-refractivity contribution is 1.07. The Morgan fingerprint density at radius 3 is 1.82 bits per heavy atom. The molecule has 3 heterocycles. The van der Waals surface area contributed by atoms with Crippen LogP contribution in [0.15, 0.2) is 182 Å². The van der Waals surface area contributed by atoms with E-state index in [9.17, 15) is 0 Å². The Bertz CT molecular complexity index is 3270. The molecule has 0 unspecified atom stereocenters. The van der Waals surface area contributed by atoms with E-state index in [0.717, 1.165) is 49.8 Å². The van der Waals surface area contributed by atoms with E-state index in [-0.39, 0.29) is 0 Å². The normalized spacial score (nSPS) is 11.6. The summed E-state index contributed by atoms with van der Waals surface area (Å²) in [6.07, 6.45) is 1.85. The van der Waals surface area contributed by atoms with E-state index in [2.05, 4.69) is 152 Å². The van der Waals surface area contributed by atoms with Crippen molar-refractivity contribution in [1.82, 2.24) is 19.9 Å². The summed E-state index contributed by atoms with van der Waals surface area (Å²) in [5.74, 6) is 1.89. The highest BCUT2D eigenvalue weighted by Crippen LogP contribution is 2.41. The van der Waals surface area contributed by atoms with Gasteiger partial charge in [-0.15, -0.1) is 11.3 Å². The zero-order valence-corrected chi connectivity index (χ0v) is 30.3. The van der Waals surface area contributed by atoms with Crippen molar-refractivity contribution in [1.29, 1.82) is 0 Å². The van der Waals surface area contributed by atoms with Crippen LogP contribution in [-0.4, -0.2) is 19.9 Å². The lowest BCUT2D eigenvalue weighted by atomic mass is 9.90. The number of hydrogen-bond acceptors (Lipinski definition) is 5. The summed E-state index contributed by atoms with van der Waals surface area (Å²) in [6, 6.07) is 62.2. The van der Waals surface area contributed by atoms with Gasteiger partial charge in [0.1, 0.15) is 0 Å². The second kappa shape index (κ2) is 12.8. The average Bonchev–Trinajstić information content (AvgIpc) is 3.64. The zero-order chi connectivity index (χ0) is 36.3. The van der Waals surface area contributed by atoms with Crippen LogP contribution in [-0.2, 0) is 0 Å². The largest absolute Gasteiger partial charge is 0.256 e. The summed E-state index contributed by atoms with van der Waals surface area (Å²) in [5.41, 5.74) is 8.17. The van der Waals surface area contributed by atoms with E-state index >= 15 is 0 Å². The maximum Gasteiger partial charge on any atom is 0.164 e. The standard InChI is InChI=1S/C50H30N4S/c1-2-12-31(13-3-1)48-52-49(33-23-24-47-44(30-33)42-18-8-9-22-46(42)55-47)54-50(53-48)36-27-34(38-19-10-21-45-41(38)20-11-25-51-45)26-35(28-36)43-29-32-14-4-5-15-37(32)39-16-6-7-17-40(39)43/h1-30H. The van der Waals surface area contributed by atoms with E-state index in [4.69, 9.17) is 19.9 Å². The number of nitrogens with zero attached hydrogens (tertiary/aromatic N) is 4. The third-order valence-electron chi connectivity index (χ3n) is 10.5. The van der Waals surface area contributed by atoms with Gasteiger partial charge in [-0.2, -0.15) is 0 Å². The van der Waals surface area contributed by atoms with Gasteiger partial charge in [-0.3, -0.25) is 4.98 Å². The topological polar surface area (TPSA) is 51.6 Å². The molecule has 0 amide bonds. The monoisotopic (exact) mass is 718 g/mol. The van der Waals surface area contributed by atoms with Gasteiger partial charge in [0.05, 0.1) is 5.52 Å². The maximum atomic E-state index is 5.28. The van der Waals surface area contributed by atoms with Crippen LogP contribution >= 0.6 is 11.3 Å². The van der Waals surface area contributed by atoms with Gasteiger partial charge in [0.25, 0.3) is 0 Å². The highest BCUT2D eigenvalue weighted by Gasteiger charge is 2.18. The molecule has 0 saturated heterocycles. The molecule has 4 nitrogen and oxygen atoms in total. The maximum absolute atomic E-state index is 5.28. The van der Waals surface area contributed by atoms with Gasteiger partial charge in [-0.05, 0) is 104 Å². The van der Waals surface area contributed by atoms with Crippen LogP contribution in [0.5, 0.6) is 0 Å². The molecule has 0 aliphatic rings. The predicted octanol–water partition coefficient (Wildman–Crippen LogP) is 13.4. The molecule has 3 aromatic heterocycles. The van der Waals surface area contributed by atoms with Gasteiger partial charge >= 0.3 is 0 Å². The second-order valence-corrected chi connectivity index (χ2v) is 14.9. The molecule has 0 radical (unpaired) electrons. The average molecular weight is 719 g/mol. The summed E-state index contributed by atoms with van der Waals surface area (Å²) in [7, 11) is 0. The van der Waals surface area contributed by atoms with Crippen molar-refractivity contribution in [3.8, 4) is 56.4 Å². The minimum Gasteiger partial charge on any atom is -0.256 e. The van der Waals surface area contributed by atoms with Crippen LogP contribution in [0.25, 0.3) is 109 Å². The van der Waals surface area contributed by atoms with Crippen molar-refractivity contribution in [3.05, 3.63) is 182 Å². The van der Waals surface area contributed by atoms with Gasteiger partial charge < -0.3 is 0 Å². The zero-order valence-electron chi connectivity index (χ0n) is 29.5. The van der Waals surface area contributed by atoms with Gasteiger partial charge in [0.15, 0.2) is 17.5 Å². The Morgan fingerprint density at radius 1 is 0.327 bits per heavy atom. The molecule has 256 valence electrons. The lowest BCUT2D eigenvalue weighted by Crippen LogP contribution is -2.00. The Hall–Kier alpha value is -7.08. The smallest absolute Gasteiger partial charge is 0.164 e. The fourth-order valence-corrected chi connectivity index (χ4v) is 9.02. The molecular weight excluding hydrogens is 689 g/mol. The van der Waals surface area contributed by atoms with Crippen LogP contribution in [0.4, 0.5) is 0 Å². The van der Waals surface area contributed by atoms with Crippen LogP contribution in [0.3, 0.4) is 0 Å². The van der Waals surface area contributed by atoms with Gasteiger partial charge in [-0.25, -0.2) is 15.0 Å². The molecule has 8 aromatic carbocycles. The predicted molar refractivity (Wildman–Crippen MR) is 230 cm³/mol. The van der Waals surface area contributed by atoms with Crippen LogP contribution in [0.2, 0.25) is 0 Å². The van der Waals surface area contributed by atoms with E-state index < -0.39 is 0 Å². The number of pyridine rings is 1. The molecule has 0 saturated carbocycles. The van der Waals surface area contributed by atoms with Crippen molar-refractivity contribution in [2.45, 2.75) is 0 Å². The van der Waals surface area contributed by atoms with Crippen molar-refractivity contribution in [2.24, 2.45) is 0 Å². The molecule has 11 rings (SSSR count). The summed E-state index contributed by atoms with van der Waals surface area (Å²) < 4.78 is 2.51. The van der Waals surface area contributed by atoms with Gasteiger partial charge in [-0.1, -0.05) is 115 Å². The molecule has 0 spiro atoms. The molecular formula is C50H30N4S. The summed E-state index contributed by atoms with van der Waals surface area (Å²) >= 11 is 1.81. The summed E-state index contributed by atoms with van der Waals surface area (Å²) in [6.45, 7) is 0. The first-order chi connectivity index (χ1) is 27.2. The quantitative estimate of drug-likeness (QED) is 0.166. The van der Waals surface area contributed by atoms with Crippen LogP contribution in [0.1, 0.15) is 0 Å². The van der Waals surface area contributed by atoms with Crippen LogP contribution < -0.4 is 0 Å². The Balaban J connectivity index is 1.19. The first-order valence-electron chi connectivity index (χ1n) is 18.4. The van der Waals surface area contributed by atoms with Crippen LogP contribution in [0, 0.1) is 0 Å². The highest BCUT2D eigenvalue weighted by molar-refractivity contribution is 7.25. The SMILES string of the molecule is c1ccc(-c2nc(-c3cc(-c4cccc5ncccc45)cc(-c4cc5ccccc5c5ccccc45)c3)nc(-c3ccc4sc5ccccc5c4c3)n2)cc1. The number of aromatic nitrogens is 4. The van der Waals surface area contributed by atoms with E-state index in [0.29, 0.717) is 17.5 Å². The van der Waals surface area contributed by atoms with Crippen molar-refractivity contribution in [2.75, 3.05) is 0 Å². The van der Waals surface area contributed by atoms with Crippen molar-refractivity contribution >= 4 is 64.0 Å². The molecule has 0 fully saturated rings. The van der Waals surface area contributed by atoms with E-state index in [1.165, 1.54) is 41.7 Å². The third kappa shape index (κ3) is 5.44. The molecule has 0 bridgehead atoms. The van der Waals surface area contributed by atoms with Crippen molar-refractivity contribution in [3.63, 3.8) is 0 Å². The molecule has 0 atom stereocenters. The first kappa shape index (κ1) is 31.4. The Labute approximate surface area is 321 Å². The number of thiophene rings is 1. The number of rotatable bonds is 5. The first-order valence-corrected chi connectivity index (χ1v) is 19.2. The molecule has 0 aliphatic carbocycles. The molecule has 55 heavy (non-hydrogen) atoms. The fourth-order valence-electron chi connectivity index (χ4n) is 7.93. The van der Waals surface area contributed by atoms with Gasteiger partial charge in [0.2, 0.25) is 0 Å². The lowest BCUT2D eigenvalue weighted by Gasteiger charge is -2.15. The molecule has 0 N–H and O–H groups in total. The van der Waals surface area contributed by atoms with E-state index in [1.807, 2.05) is 41.8 Å². The third-order valence-corrected chi connectivity index (χ3v) is 11.7. The minimum absolute atomic E-state index is 0.616. The minimum atomic E-state index is 0.616. The number of benzene rings is 8. The number of hydrogen-bond donors (Lipinski definition) is 0. The molecule has 11 aromatic rings. The molecule has 0 aliphatic heterocycles. The molecule has 5 heteroatoms. The summed E-state index contributed by atoms with van der Waals surface area (Å²) in [4.78, 5) is 20.3. The Morgan fingerprint density at radius 2 is 0.964 bits per heavy atom. The van der Waals surface area contributed by atoms with E-state index in [1.54, 1.807) is 0 Å². The fraction of sp³-hybridized carbons (Fsp3) is 0. The van der Waals surface area contributed by atoms with Crippen molar-refractivity contribution < 1.29 is 0 Å². The van der Waals surface area contributed by atoms with Gasteiger partial charge in [0, 0.05) is 48.4 Å². The number of fused-ring (bicyclic) bond motifs is 7.